The van der Waals surface area contributed by atoms with Gasteiger partial charge in [0.25, 0.3) is 0 Å². The second-order valence-corrected chi connectivity index (χ2v) is 7.74. The molecule has 0 fully saturated rings. The number of hydrogen-bond acceptors (Lipinski definition) is 5. The molecule has 0 aliphatic carbocycles. The maximum atomic E-state index is 12.8. The number of nitrogens with zero attached hydrogens (tertiary/aromatic N) is 3. The predicted molar refractivity (Wildman–Crippen MR) is 116 cm³/mol. The Morgan fingerprint density at radius 3 is 2.26 bits per heavy atom. The molecule has 3 rings (SSSR count). The van der Waals surface area contributed by atoms with E-state index in [1.807, 2.05) is 51.1 Å². The van der Waals surface area contributed by atoms with Gasteiger partial charge in [-0.15, -0.1) is 0 Å². The van der Waals surface area contributed by atoms with E-state index in [0.717, 1.165) is 23.4 Å². The SMILES string of the molecule is Cc1nc(NCc2ccccn2)nc(N)c1/C=C\C(C)(C)c1ccc(C(F)(F)F)cc1. The molecule has 0 atom stereocenters. The van der Waals surface area contributed by atoms with E-state index in [4.69, 9.17) is 5.73 Å². The summed E-state index contributed by atoms with van der Waals surface area (Å²) in [5.41, 5.74) is 7.92. The third kappa shape index (κ3) is 5.59. The molecule has 0 saturated heterocycles. The summed E-state index contributed by atoms with van der Waals surface area (Å²) in [6, 6.07) is 10.8. The summed E-state index contributed by atoms with van der Waals surface area (Å²) in [5, 5.41) is 3.10. The van der Waals surface area contributed by atoms with Gasteiger partial charge in [-0.05, 0) is 36.8 Å². The average molecular weight is 427 g/mol. The minimum Gasteiger partial charge on any atom is -0.383 e. The fourth-order valence-electron chi connectivity index (χ4n) is 3.04. The number of rotatable bonds is 6. The van der Waals surface area contributed by atoms with Crippen LogP contribution in [-0.4, -0.2) is 15.0 Å². The molecule has 8 heteroatoms. The number of allylic oxidation sites excluding steroid dienone is 1. The first-order valence-electron chi connectivity index (χ1n) is 9.71. The molecule has 0 unspecified atom stereocenters. The van der Waals surface area contributed by atoms with Crippen molar-refractivity contribution < 1.29 is 13.2 Å². The van der Waals surface area contributed by atoms with Crippen LogP contribution in [0, 0.1) is 6.92 Å². The van der Waals surface area contributed by atoms with Crippen LogP contribution in [0.3, 0.4) is 0 Å². The molecular weight excluding hydrogens is 403 g/mol. The first-order valence-corrected chi connectivity index (χ1v) is 9.71. The van der Waals surface area contributed by atoms with Crippen molar-refractivity contribution in [3.63, 3.8) is 0 Å². The first-order chi connectivity index (χ1) is 14.6. The standard InChI is InChI=1S/C23H24F3N5/c1-15-19(20(27)31-21(30-15)29-14-18-6-4-5-13-28-18)11-12-22(2,3)16-7-9-17(10-8-16)23(24,25)26/h4-13H,14H2,1-3H3,(H3,27,29,30,31)/b12-11-. The molecule has 0 radical (unpaired) electrons. The minimum absolute atomic E-state index is 0.315. The number of aromatic nitrogens is 3. The molecule has 31 heavy (non-hydrogen) atoms. The highest BCUT2D eigenvalue weighted by molar-refractivity contribution is 5.65. The van der Waals surface area contributed by atoms with Gasteiger partial charge in [0.15, 0.2) is 0 Å². The number of halogens is 3. The highest BCUT2D eigenvalue weighted by Crippen LogP contribution is 2.32. The van der Waals surface area contributed by atoms with Gasteiger partial charge >= 0.3 is 6.18 Å². The largest absolute Gasteiger partial charge is 0.416 e. The van der Waals surface area contributed by atoms with Crippen LogP contribution in [0.15, 0.2) is 54.7 Å². The van der Waals surface area contributed by atoms with Gasteiger partial charge in [0, 0.05) is 17.2 Å². The molecule has 0 amide bonds. The zero-order chi connectivity index (χ0) is 22.6. The number of nitrogen functional groups attached to an aromatic ring is 1. The fourth-order valence-corrected chi connectivity index (χ4v) is 3.04. The lowest BCUT2D eigenvalue weighted by Crippen LogP contribution is -2.14. The number of hydrogen-bond donors (Lipinski definition) is 2. The van der Waals surface area contributed by atoms with E-state index in [1.165, 1.54) is 12.1 Å². The number of alkyl halides is 3. The van der Waals surface area contributed by atoms with Crippen LogP contribution < -0.4 is 11.1 Å². The number of benzene rings is 1. The van der Waals surface area contributed by atoms with Gasteiger partial charge in [0.2, 0.25) is 5.95 Å². The molecule has 0 spiro atoms. The van der Waals surface area contributed by atoms with Crippen molar-refractivity contribution in [1.82, 2.24) is 15.0 Å². The van der Waals surface area contributed by atoms with Crippen molar-refractivity contribution in [2.75, 3.05) is 11.1 Å². The fraction of sp³-hybridized carbons (Fsp3) is 0.261. The molecule has 2 aromatic heterocycles. The van der Waals surface area contributed by atoms with Crippen LogP contribution in [-0.2, 0) is 18.1 Å². The van der Waals surface area contributed by atoms with Crippen LogP contribution >= 0.6 is 0 Å². The van der Waals surface area contributed by atoms with Crippen molar-refractivity contribution in [3.8, 4) is 0 Å². The zero-order valence-corrected chi connectivity index (χ0v) is 17.5. The average Bonchev–Trinajstić information content (AvgIpc) is 2.72. The number of pyridine rings is 1. The lowest BCUT2D eigenvalue weighted by molar-refractivity contribution is -0.137. The highest BCUT2D eigenvalue weighted by atomic mass is 19.4. The number of aryl methyl sites for hydroxylation is 1. The van der Waals surface area contributed by atoms with Gasteiger partial charge in [-0.2, -0.15) is 18.2 Å². The Bertz CT molecular complexity index is 1040. The Labute approximate surface area is 179 Å². The Kier molecular flexibility index (Phi) is 6.29. The molecule has 0 aliphatic heterocycles. The van der Waals surface area contributed by atoms with Crippen molar-refractivity contribution >= 4 is 17.8 Å². The Morgan fingerprint density at radius 2 is 1.68 bits per heavy atom. The van der Waals surface area contributed by atoms with E-state index < -0.39 is 17.2 Å². The van der Waals surface area contributed by atoms with Crippen molar-refractivity contribution in [1.29, 1.82) is 0 Å². The van der Waals surface area contributed by atoms with Crippen molar-refractivity contribution in [2.24, 2.45) is 0 Å². The summed E-state index contributed by atoms with van der Waals surface area (Å²) < 4.78 is 38.4. The van der Waals surface area contributed by atoms with E-state index in [0.29, 0.717) is 29.6 Å². The molecule has 1 aromatic carbocycles. The molecule has 3 N–H and O–H groups in total. The van der Waals surface area contributed by atoms with E-state index >= 15 is 0 Å². The van der Waals surface area contributed by atoms with Crippen molar-refractivity contribution in [3.05, 3.63) is 82.8 Å². The maximum Gasteiger partial charge on any atom is 0.416 e. The summed E-state index contributed by atoms with van der Waals surface area (Å²) >= 11 is 0. The quantitative estimate of drug-likeness (QED) is 0.552. The molecule has 3 aromatic rings. The smallest absolute Gasteiger partial charge is 0.383 e. The van der Waals surface area contributed by atoms with Gasteiger partial charge in [-0.3, -0.25) is 4.98 Å². The van der Waals surface area contributed by atoms with Crippen LogP contribution in [0.5, 0.6) is 0 Å². The molecule has 162 valence electrons. The Hall–Kier alpha value is -3.42. The van der Waals surface area contributed by atoms with E-state index in [1.54, 1.807) is 6.20 Å². The summed E-state index contributed by atoms with van der Waals surface area (Å²) in [7, 11) is 0. The minimum atomic E-state index is -4.35. The molecule has 5 nitrogen and oxygen atoms in total. The summed E-state index contributed by atoms with van der Waals surface area (Å²) in [6.07, 6.45) is 1.06. The van der Waals surface area contributed by atoms with Gasteiger partial charge in [0.1, 0.15) is 5.82 Å². The Balaban J connectivity index is 1.76. The molecule has 2 heterocycles. The number of nitrogens with one attached hydrogen (secondary N) is 1. The lowest BCUT2D eigenvalue weighted by Gasteiger charge is -2.22. The molecule has 0 aliphatic rings. The molecule has 0 saturated carbocycles. The van der Waals surface area contributed by atoms with E-state index in [-0.39, 0.29) is 0 Å². The van der Waals surface area contributed by atoms with Gasteiger partial charge in [-0.25, -0.2) is 4.98 Å². The number of anilines is 2. The normalized spacial score (nSPS) is 12.3. The van der Waals surface area contributed by atoms with Crippen LogP contribution in [0.4, 0.5) is 24.9 Å². The second-order valence-electron chi connectivity index (χ2n) is 7.74. The second kappa shape index (κ2) is 8.75. The van der Waals surface area contributed by atoms with Gasteiger partial charge < -0.3 is 11.1 Å². The number of nitrogens with two attached hydrogens (primary N) is 1. The third-order valence-electron chi connectivity index (χ3n) is 4.94. The Morgan fingerprint density at radius 1 is 1.00 bits per heavy atom. The van der Waals surface area contributed by atoms with Crippen LogP contribution in [0.1, 0.15) is 41.9 Å². The van der Waals surface area contributed by atoms with Gasteiger partial charge in [-0.1, -0.05) is 44.2 Å². The van der Waals surface area contributed by atoms with E-state index in [9.17, 15) is 13.2 Å². The lowest BCUT2D eigenvalue weighted by atomic mass is 9.83. The van der Waals surface area contributed by atoms with Gasteiger partial charge in [0.05, 0.1) is 23.5 Å². The monoisotopic (exact) mass is 427 g/mol. The maximum absolute atomic E-state index is 12.8. The van der Waals surface area contributed by atoms with E-state index in [2.05, 4.69) is 20.3 Å². The molecule has 0 bridgehead atoms. The summed E-state index contributed by atoms with van der Waals surface area (Å²) in [5.74, 6) is 0.718. The van der Waals surface area contributed by atoms with Crippen molar-refractivity contribution in [2.45, 2.75) is 38.9 Å². The third-order valence-corrected chi connectivity index (χ3v) is 4.94. The predicted octanol–water partition coefficient (Wildman–Crippen LogP) is 5.38. The summed E-state index contributed by atoms with van der Waals surface area (Å²) in [6.45, 7) is 6.13. The first kappa shape index (κ1) is 22.3. The topological polar surface area (TPSA) is 76.7 Å². The zero-order valence-electron chi connectivity index (χ0n) is 17.5. The highest BCUT2D eigenvalue weighted by Gasteiger charge is 2.30. The summed E-state index contributed by atoms with van der Waals surface area (Å²) in [4.78, 5) is 13.0. The van der Waals surface area contributed by atoms with Crippen LogP contribution in [0.2, 0.25) is 0 Å². The van der Waals surface area contributed by atoms with Crippen LogP contribution in [0.25, 0.3) is 6.08 Å². The molecular formula is C23H24F3N5.